The van der Waals surface area contributed by atoms with Crippen molar-refractivity contribution in [3.05, 3.63) is 0 Å². The molecule has 0 amide bonds. The highest BCUT2D eigenvalue weighted by atomic mass is 16.4. The quantitative estimate of drug-likeness (QED) is 0.352. The van der Waals surface area contributed by atoms with Crippen LogP contribution in [0, 0.1) is 5.92 Å². The van der Waals surface area contributed by atoms with Crippen molar-refractivity contribution in [2.75, 3.05) is 0 Å². The summed E-state index contributed by atoms with van der Waals surface area (Å²) in [4.78, 5) is 0. The highest BCUT2D eigenvalue weighted by Gasteiger charge is 2.08. The first-order chi connectivity index (χ1) is 5.43. The van der Waals surface area contributed by atoms with E-state index < -0.39 is 0 Å². The van der Waals surface area contributed by atoms with Crippen LogP contribution in [0.1, 0.15) is 44.9 Å². The zero-order valence-electron chi connectivity index (χ0n) is 7.00. The van der Waals surface area contributed by atoms with Crippen LogP contribution in [-0.2, 0) is 0 Å². The highest BCUT2D eigenvalue weighted by molar-refractivity contribution is 5.59. The summed E-state index contributed by atoms with van der Waals surface area (Å²) < 4.78 is 0. The molecule has 0 radical (unpaired) electrons. The Bertz CT molecular complexity index is 115. The number of oxime groups is 1. The van der Waals surface area contributed by atoms with Gasteiger partial charge in [-0.05, 0) is 18.8 Å². The van der Waals surface area contributed by atoms with Crippen LogP contribution in [0.15, 0.2) is 5.16 Å². The normalized spacial score (nSPS) is 23.3. The fourth-order valence-corrected chi connectivity index (χ4v) is 1.73. The van der Waals surface area contributed by atoms with E-state index in [-0.39, 0.29) is 0 Å². The molecule has 0 aliphatic heterocycles. The average molecular weight is 155 g/mol. The summed E-state index contributed by atoms with van der Waals surface area (Å²) in [6, 6.07) is 0. The Balaban J connectivity index is 2.26. The minimum Gasteiger partial charge on any atom is -0.411 e. The lowest BCUT2D eigenvalue weighted by molar-refractivity contribution is 0.315. The predicted octanol–water partition coefficient (Wildman–Crippen LogP) is 2.81. The molecule has 0 heterocycles. The molecule has 0 saturated heterocycles. The van der Waals surface area contributed by atoms with Gasteiger partial charge >= 0.3 is 0 Å². The topological polar surface area (TPSA) is 32.6 Å². The van der Waals surface area contributed by atoms with Gasteiger partial charge in [-0.1, -0.05) is 32.1 Å². The van der Waals surface area contributed by atoms with E-state index in [0.29, 0.717) is 5.92 Å². The summed E-state index contributed by atoms with van der Waals surface area (Å²) in [5, 5.41) is 11.5. The van der Waals surface area contributed by atoms with Crippen LogP contribution >= 0.6 is 0 Å². The highest BCUT2D eigenvalue weighted by Crippen LogP contribution is 2.20. The van der Waals surface area contributed by atoms with Gasteiger partial charge in [-0.15, -0.1) is 5.16 Å². The van der Waals surface area contributed by atoms with Gasteiger partial charge in [0.2, 0.25) is 0 Å². The van der Waals surface area contributed by atoms with Gasteiger partial charge in [0.15, 0.2) is 0 Å². The Labute approximate surface area is 68.3 Å². The van der Waals surface area contributed by atoms with Gasteiger partial charge in [0, 0.05) is 6.21 Å². The molecule has 64 valence electrons. The predicted molar refractivity (Wildman–Crippen MR) is 46.1 cm³/mol. The molecule has 1 fully saturated rings. The monoisotopic (exact) mass is 155 g/mol. The number of rotatable bonds is 1. The zero-order chi connectivity index (χ0) is 7.94. The Morgan fingerprint density at radius 1 is 1.00 bits per heavy atom. The molecule has 2 nitrogen and oxygen atoms in total. The van der Waals surface area contributed by atoms with E-state index in [2.05, 4.69) is 5.16 Å². The first kappa shape index (κ1) is 8.57. The van der Waals surface area contributed by atoms with Crippen molar-refractivity contribution in [2.45, 2.75) is 44.9 Å². The molecule has 0 unspecified atom stereocenters. The van der Waals surface area contributed by atoms with Gasteiger partial charge in [-0.2, -0.15) is 0 Å². The summed E-state index contributed by atoms with van der Waals surface area (Å²) in [5.74, 6) is 0.542. The van der Waals surface area contributed by atoms with E-state index in [9.17, 15) is 0 Å². The lowest BCUT2D eigenvalue weighted by atomic mass is 9.92. The molecule has 1 aliphatic rings. The molecule has 0 aromatic carbocycles. The minimum absolute atomic E-state index is 0.542. The van der Waals surface area contributed by atoms with Crippen molar-refractivity contribution in [1.82, 2.24) is 0 Å². The molecule has 2 heteroatoms. The summed E-state index contributed by atoms with van der Waals surface area (Å²) >= 11 is 0. The maximum absolute atomic E-state index is 8.35. The van der Waals surface area contributed by atoms with Crippen molar-refractivity contribution in [2.24, 2.45) is 11.1 Å². The summed E-state index contributed by atoms with van der Waals surface area (Å²) in [5.41, 5.74) is 0. The van der Waals surface area contributed by atoms with E-state index in [0.717, 1.165) is 0 Å². The molecule has 0 aromatic heterocycles. The van der Waals surface area contributed by atoms with Gasteiger partial charge in [0.1, 0.15) is 0 Å². The van der Waals surface area contributed by atoms with Gasteiger partial charge < -0.3 is 5.21 Å². The Hall–Kier alpha value is -0.530. The van der Waals surface area contributed by atoms with Gasteiger partial charge in [-0.25, -0.2) is 0 Å². The second-order valence-corrected chi connectivity index (χ2v) is 3.37. The van der Waals surface area contributed by atoms with Crippen molar-refractivity contribution < 1.29 is 5.21 Å². The smallest absolute Gasteiger partial charge is 0.0466 e. The van der Waals surface area contributed by atoms with Gasteiger partial charge in [0.25, 0.3) is 0 Å². The second-order valence-electron chi connectivity index (χ2n) is 3.37. The molecular formula is C9H17NO. The first-order valence-corrected chi connectivity index (χ1v) is 4.61. The fraction of sp³-hybridized carbons (Fsp3) is 0.889. The molecule has 0 aromatic rings. The van der Waals surface area contributed by atoms with Crippen molar-refractivity contribution in [3.63, 3.8) is 0 Å². The van der Waals surface area contributed by atoms with Crippen LogP contribution in [0.4, 0.5) is 0 Å². The third-order valence-electron chi connectivity index (χ3n) is 2.43. The Kier molecular flexibility index (Phi) is 4.02. The van der Waals surface area contributed by atoms with Gasteiger partial charge in [0.05, 0.1) is 0 Å². The fourth-order valence-electron chi connectivity index (χ4n) is 1.73. The number of nitrogens with zero attached hydrogens (tertiary/aromatic N) is 1. The van der Waals surface area contributed by atoms with Gasteiger partial charge in [-0.3, -0.25) is 0 Å². The summed E-state index contributed by atoms with van der Waals surface area (Å²) in [6.07, 6.45) is 10.8. The first-order valence-electron chi connectivity index (χ1n) is 4.61. The van der Waals surface area contributed by atoms with Crippen LogP contribution in [0.25, 0.3) is 0 Å². The average Bonchev–Trinajstić information content (AvgIpc) is 1.94. The Morgan fingerprint density at radius 3 is 2.09 bits per heavy atom. The number of hydrogen-bond acceptors (Lipinski definition) is 2. The van der Waals surface area contributed by atoms with E-state index in [1.807, 2.05) is 0 Å². The van der Waals surface area contributed by atoms with E-state index in [1.54, 1.807) is 6.21 Å². The molecule has 1 N–H and O–H groups in total. The third-order valence-corrected chi connectivity index (χ3v) is 2.43. The van der Waals surface area contributed by atoms with E-state index in [4.69, 9.17) is 5.21 Å². The van der Waals surface area contributed by atoms with Crippen LogP contribution in [0.3, 0.4) is 0 Å². The van der Waals surface area contributed by atoms with Crippen LogP contribution in [0.2, 0.25) is 0 Å². The molecule has 1 aliphatic carbocycles. The molecule has 1 saturated carbocycles. The lowest BCUT2D eigenvalue weighted by Gasteiger charge is -2.14. The van der Waals surface area contributed by atoms with Crippen LogP contribution < -0.4 is 0 Å². The molecular weight excluding hydrogens is 138 g/mol. The van der Waals surface area contributed by atoms with Crippen LogP contribution in [-0.4, -0.2) is 11.4 Å². The molecule has 11 heavy (non-hydrogen) atoms. The lowest BCUT2D eigenvalue weighted by Crippen LogP contribution is -2.04. The maximum atomic E-state index is 8.35. The largest absolute Gasteiger partial charge is 0.411 e. The maximum Gasteiger partial charge on any atom is 0.0466 e. The van der Waals surface area contributed by atoms with Crippen LogP contribution in [0.5, 0.6) is 0 Å². The molecule has 1 rings (SSSR count). The molecule has 0 spiro atoms. The second kappa shape index (κ2) is 5.16. The Morgan fingerprint density at radius 2 is 1.55 bits per heavy atom. The van der Waals surface area contributed by atoms with E-state index >= 15 is 0 Å². The third kappa shape index (κ3) is 3.40. The van der Waals surface area contributed by atoms with Crippen molar-refractivity contribution in [1.29, 1.82) is 0 Å². The summed E-state index contributed by atoms with van der Waals surface area (Å²) in [6.45, 7) is 0. The van der Waals surface area contributed by atoms with E-state index in [1.165, 1.54) is 44.9 Å². The SMILES string of the molecule is ON=CC1CCCCCCC1. The van der Waals surface area contributed by atoms with Crippen molar-refractivity contribution in [3.8, 4) is 0 Å². The molecule has 0 bridgehead atoms. The minimum atomic E-state index is 0.542. The number of hydrogen-bond donors (Lipinski definition) is 1. The van der Waals surface area contributed by atoms with Crippen molar-refractivity contribution >= 4 is 6.21 Å². The zero-order valence-corrected chi connectivity index (χ0v) is 7.00. The summed E-state index contributed by atoms with van der Waals surface area (Å²) in [7, 11) is 0. The standard InChI is InChI=1S/C9H17NO/c11-10-8-9-6-4-2-1-3-5-7-9/h8-9,11H,1-7H2. The molecule has 0 atom stereocenters.